The number of nitrogens with two attached hydrogens (primary N) is 1. The van der Waals surface area contributed by atoms with Crippen molar-refractivity contribution >= 4 is 22.6 Å². The summed E-state index contributed by atoms with van der Waals surface area (Å²) in [5.74, 6) is 1.30. The Balaban J connectivity index is 1.55. The molecular weight excluding hydrogens is 332 g/mol. The second kappa shape index (κ2) is 7.77. The van der Waals surface area contributed by atoms with Gasteiger partial charge in [0, 0.05) is 12.2 Å². The highest BCUT2D eigenvalue weighted by molar-refractivity contribution is 5.82. The zero-order chi connectivity index (χ0) is 18.5. The Labute approximate surface area is 151 Å². The molecule has 3 N–H and O–H groups in total. The highest BCUT2D eigenvalue weighted by Crippen LogP contribution is 2.27. The molecule has 26 heavy (non-hydrogen) atoms. The summed E-state index contributed by atoms with van der Waals surface area (Å²) in [7, 11) is 3.21. The summed E-state index contributed by atoms with van der Waals surface area (Å²) in [5.41, 5.74) is 9.13. The molecule has 0 spiro atoms. The van der Waals surface area contributed by atoms with Crippen molar-refractivity contribution in [3.8, 4) is 11.5 Å². The van der Waals surface area contributed by atoms with E-state index in [0.29, 0.717) is 30.2 Å². The number of hydrogen-bond donors (Lipinski definition) is 2. The van der Waals surface area contributed by atoms with E-state index in [4.69, 9.17) is 15.2 Å². The maximum absolute atomic E-state index is 12.2. The van der Waals surface area contributed by atoms with Crippen LogP contribution >= 0.6 is 0 Å². The third kappa shape index (κ3) is 3.88. The van der Waals surface area contributed by atoms with Crippen LogP contribution in [0.5, 0.6) is 11.5 Å². The molecule has 3 aromatic rings. The number of nitrogens with one attached hydrogen (secondary N) is 1. The Kier molecular flexibility index (Phi) is 5.26. The van der Waals surface area contributed by atoms with Gasteiger partial charge < -0.3 is 25.1 Å². The second-order valence-corrected chi connectivity index (χ2v) is 5.91. The number of hydrogen-bond acceptors (Lipinski definition) is 5. The fraction of sp³-hybridized carbons (Fsp3) is 0.263. The van der Waals surface area contributed by atoms with Gasteiger partial charge in [0.2, 0.25) is 5.91 Å². The first-order valence-electron chi connectivity index (χ1n) is 8.28. The van der Waals surface area contributed by atoms with E-state index in [9.17, 15) is 4.79 Å². The van der Waals surface area contributed by atoms with Crippen LogP contribution in [0, 0.1) is 0 Å². The molecule has 1 heterocycles. The number of methoxy groups -OCH3 is 2. The van der Waals surface area contributed by atoms with Gasteiger partial charge in [-0.3, -0.25) is 4.79 Å². The lowest BCUT2D eigenvalue weighted by atomic mass is 10.1. The van der Waals surface area contributed by atoms with Crippen LogP contribution in [-0.4, -0.2) is 36.2 Å². The van der Waals surface area contributed by atoms with Gasteiger partial charge in [-0.15, -0.1) is 0 Å². The van der Waals surface area contributed by atoms with E-state index in [-0.39, 0.29) is 12.5 Å². The summed E-state index contributed by atoms with van der Waals surface area (Å²) >= 11 is 0. The molecule has 0 saturated heterocycles. The summed E-state index contributed by atoms with van der Waals surface area (Å²) < 4.78 is 12.3. The van der Waals surface area contributed by atoms with Crippen molar-refractivity contribution in [3.05, 3.63) is 48.3 Å². The lowest BCUT2D eigenvalue weighted by Crippen LogP contribution is -2.29. The molecule has 136 valence electrons. The highest BCUT2D eigenvalue weighted by Gasteiger charge is 2.08. The number of anilines is 1. The van der Waals surface area contributed by atoms with E-state index in [1.54, 1.807) is 37.2 Å². The van der Waals surface area contributed by atoms with Crippen LogP contribution in [0.15, 0.2) is 42.7 Å². The molecular formula is C19H22N4O3. The molecule has 0 aliphatic carbocycles. The highest BCUT2D eigenvalue weighted by atomic mass is 16.5. The van der Waals surface area contributed by atoms with Gasteiger partial charge >= 0.3 is 0 Å². The van der Waals surface area contributed by atoms with E-state index in [2.05, 4.69) is 10.3 Å². The number of rotatable bonds is 7. The molecule has 1 amide bonds. The van der Waals surface area contributed by atoms with Crippen LogP contribution < -0.4 is 20.5 Å². The fourth-order valence-electron chi connectivity index (χ4n) is 2.80. The molecule has 0 fully saturated rings. The number of amides is 1. The standard InChI is InChI=1S/C19H22N4O3/c1-25-17-6-3-13(9-18(17)26-2)7-8-21-19(24)11-23-12-22-15-10-14(20)4-5-16(15)23/h3-6,9-10,12H,7-8,11,20H2,1-2H3,(H,21,24). The minimum atomic E-state index is -0.0680. The first-order chi connectivity index (χ1) is 12.6. The molecule has 7 heteroatoms. The van der Waals surface area contributed by atoms with Crippen LogP contribution in [0.3, 0.4) is 0 Å². The smallest absolute Gasteiger partial charge is 0.240 e. The van der Waals surface area contributed by atoms with E-state index >= 15 is 0 Å². The fourth-order valence-corrected chi connectivity index (χ4v) is 2.80. The quantitative estimate of drug-likeness (QED) is 0.633. The predicted molar refractivity (Wildman–Crippen MR) is 100 cm³/mol. The Morgan fingerprint density at radius 2 is 1.96 bits per heavy atom. The van der Waals surface area contributed by atoms with E-state index in [1.807, 2.05) is 24.3 Å². The van der Waals surface area contributed by atoms with Gasteiger partial charge in [-0.1, -0.05) is 6.07 Å². The first kappa shape index (κ1) is 17.6. The number of fused-ring (bicyclic) bond motifs is 1. The van der Waals surface area contributed by atoms with E-state index in [1.165, 1.54) is 0 Å². The number of carbonyl (C=O) groups is 1. The van der Waals surface area contributed by atoms with E-state index in [0.717, 1.165) is 16.6 Å². The van der Waals surface area contributed by atoms with Gasteiger partial charge in [0.15, 0.2) is 11.5 Å². The van der Waals surface area contributed by atoms with Crippen molar-refractivity contribution in [2.45, 2.75) is 13.0 Å². The number of nitrogen functional groups attached to an aromatic ring is 1. The monoisotopic (exact) mass is 354 g/mol. The maximum Gasteiger partial charge on any atom is 0.240 e. The minimum absolute atomic E-state index is 0.0680. The summed E-state index contributed by atoms with van der Waals surface area (Å²) in [6.07, 6.45) is 2.35. The van der Waals surface area contributed by atoms with Crippen LogP contribution in [0.2, 0.25) is 0 Å². The Bertz CT molecular complexity index is 920. The number of aromatic nitrogens is 2. The molecule has 0 bridgehead atoms. The minimum Gasteiger partial charge on any atom is -0.493 e. The zero-order valence-corrected chi connectivity index (χ0v) is 14.9. The zero-order valence-electron chi connectivity index (χ0n) is 14.9. The van der Waals surface area contributed by atoms with Crippen molar-refractivity contribution in [1.82, 2.24) is 14.9 Å². The van der Waals surface area contributed by atoms with E-state index < -0.39 is 0 Å². The SMILES string of the molecule is COc1ccc(CCNC(=O)Cn2cnc3cc(N)ccc32)cc1OC. The van der Waals surface area contributed by atoms with Crippen LogP contribution in [0.4, 0.5) is 5.69 Å². The van der Waals surface area contributed by atoms with Crippen LogP contribution in [0.25, 0.3) is 11.0 Å². The molecule has 2 aromatic carbocycles. The Morgan fingerprint density at radius 3 is 2.73 bits per heavy atom. The number of nitrogens with zero attached hydrogens (tertiary/aromatic N) is 2. The summed E-state index contributed by atoms with van der Waals surface area (Å²) in [6, 6.07) is 11.2. The summed E-state index contributed by atoms with van der Waals surface area (Å²) in [6.45, 7) is 0.750. The van der Waals surface area contributed by atoms with Crippen molar-refractivity contribution in [2.75, 3.05) is 26.5 Å². The number of carbonyl (C=O) groups excluding carboxylic acids is 1. The maximum atomic E-state index is 12.2. The average Bonchev–Trinajstić information content (AvgIpc) is 3.03. The Hall–Kier alpha value is -3.22. The van der Waals surface area contributed by atoms with Crippen molar-refractivity contribution in [3.63, 3.8) is 0 Å². The number of imidazole rings is 1. The van der Waals surface area contributed by atoms with Gasteiger partial charge in [0.05, 0.1) is 31.6 Å². The number of ether oxygens (including phenoxy) is 2. The lowest BCUT2D eigenvalue weighted by Gasteiger charge is -2.10. The summed E-state index contributed by atoms with van der Waals surface area (Å²) in [4.78, 5) is 16.5. The lowest BCUT2D eigenvalue weighted by molar-refractivity contribution is -0.121. The van der Waals surface area contributed by atoms with Crippen molar-refractivity contribution in [2.24, 2.45) is 0 Å². The molecule has 0 atom stereocenters. The third-order valence-corrected chi connectivity index (χ3v) is 4.14. The third-order valence-electron chi connectivity index (χ3n) is 4.14. The normalized spacial score (nSPS) is 10.7. The molecule has 0 unspecified atom stereocenters. The Morgan fingerprint density at radius 1 is 1.15 bits per heavy atom. The number of benzene rings is 2. The molecule has 0 aliphatic heterocycles. The van der Waals surface area contributed by atoms with Crippen molar-refractivity contribution in [1.29, 1.82) is 0 Å². The topological polar surface area (TPSA) is 91.4 Å². The van der Waals surface area contributed by atoms with Gasteiger partial charge in [-0.25, -0.2) is 4.98 Å². The largest absolute Gasteiger partial charge is 0.493 e. The van der Waals surface area contributed by atoms with Crippen LogP contribution in [0.1, 0.15) is 5.56 Å². The second-order valence-electron chi connectivity index (χ2n) is 5.91. The molecule has 0 aliphatic rings. The molecule has 0 saturated carbocycles. The molecule has 7 nitrogen and oxygen atoms in total. The van der Waals surface area contributed by atoms with Crippen molar-refractivity contribution < 1.29 is 14.3 Å². The van der Waals surface area contributed by atoms with Gasteiger partial charge in [-0.2, -0.15) is 0 Å². The van der Waals surface area contributed by atoms with Gasteiger partial charge in [-0.05, 0) is 42.3 Å². The van der Waals surface area contributed by atoms with Gasteiger partial charge in [0.1, 0.15) is 6.54 Å². The summed E-state index contributed by atoms with van der Waals surface area (Å²) in [5, 5.41) is 2.93. The van der Waals surface area contributed by atoms with Gasteiger partial charge in [0.25, 0.3) is 0 Å². The molecule has 3 rings (SSSR count). The predicted octanol–water partition coefficient (Wildman–Crippen LogP) is 1.99. The molecule has 0 radical (unpaired) electrons. The first-order valence-corrected chi connectivity index (χ1v) is 8.28. The van der Waals surface area contributed by atoms with Crippen LogP contribution in [-0.2, 0) is 17.8 Å². The average molecular weight is 354 g/mol. The molecule has 1 aromatic heterocycles.